The second kappa shape index (κ2) is 4.28. The second-order valence-corrected chi connectivity index (χ2v) is 3.45. The van der Waals surface area contributed by atoms with E-state index in [1.807, 2.05) is 18.2 Å². The molecule has 0 spiro atoms. The molecule has 2 aromatic heterocycles. The Morgan fingerprint density at radius 1 is 1.06 bits per heavy atom. The summed E-state index contributed by atoms with van der Waals surface area (Å²) in [7, 11) is 1.58. The van der Waals surface area contributed by atoms with Crippen LogP contribution in [0.5, 0.6) is 17.4 Å². The van der Waals surface area contributed by atoms with Crippen molar-refractivity contribution in [3.8, 4) is 17.4 Å². The third-order valence-electron chi connectivity index (χ3n) is 2.33. The lowest BCUT2D eigenvalue weighted by Crippen LogP contribution is -1.98. The molecule has 0 amide bonds. The summed E-state index contributed by atoms with van der Waals surface area (Å²) in [5, 5.41) is 15.1. The predicted molar refractivity (Wildman–Crippen MR) is 61.6 cm³/mol. The Balaban J connectivity index is 1.95. The van der Waals surface area contributed by atoms with Crippen molar-refractivity contribution in [2.24, 2.45) is 0 Å². The van der Waals surface area contributed by atoms with Crippen LogP contribution >= 0.6 is 0 Å². The molecule has 3 aromatic rings. The van der Waals surface area contributed by atoms with Gasteiger partial charge in [-0.3, -0.25) is 0 Å². The minimum Gasteiger partial charge on any atom is -0.493 e. The number of ether oxygens (including phenoxy) is 2. The zero-order valence-electron chi connectivity index (χ0n) is 9.52. The molecule has 0 aliphatic heterocycles. The fourth-order valence-corrected chi connectivity index (χ4v) is 1.50. The number of benzene rings is 1. The van der Waals surface area contributed by atoms with Crippen LogP contribution in [0.3, 0.4) is 0 Å². The van der Waals surface area contributed by atoms with Gasteiger partial charge in [-0.25, -0.2) is 0 Å². The van der Waals surface area contributed by atoms with E-state index in [0.29, 0.717) is 23.0 Å². The first-order valence-electron chi connectivity index (χ1n) is 5.23. The first-order valence-corrected chi connectivity index (χ1v) is 5.23. The fraction of sp³-hybridized carbons (Fsp3) is 0.0909. The number of hydrogen-bond donors (Lipinski definition) is 0. The zero-order valence-corrected chi connectivity index (χ0v) is 9.52. The van der Waals surface area contributed by atoms with Gasteiger partial charge < -0.3 is 9.47 Å². The Hall–Kier alpha value is -2.70. The highest BCUT2D eigenvalue weighted by molar-refractivity contribution is 5.42. The molecular weight excluding hydrogens is 234 g/mol. The van der Waals surface area contributed by atoms with Crippen LogP contribution in [0.4, 0.5) is 0 Å². The molecule has 7 nitrogen and oxygen atoms in total. The third-order valence-corrected chi connectivity index (χ3v) is 2.33. The average molecular weight is 243 g/mol. The molecule has 2 heterocycles. The normalized spacial score (nSPS) is 10.5. The highest BCUT2D eigenvalue weighted by Crippen LogP contribution is 2.29. The monoisotopic (exact) mass is 243 g/mol. The second-order valence-electron chi connectivity index (χ2n) is 3.45. The Kier molecular flexibility index (Phi) is 2.49. The van der Waals surface area contributed by atoms with Gasteiger partial charge >= 0.3 is 0 Å². The molecule has 0 aliphatic rings. The topological polar surface area (TPSA) is 74.4 Å². The first-order chi connectivity index (χ1) is 8.86. The van der Waals surface area contributed by atoms with E-state index in [1.165, 1.54) is 4.63 Å². The molecule has 0 saturated heterocycles. The number of fused-ring (bicyclic) bond motifs is 1. The molecule has 0 atom stereocenters. The van der Waals surface area contributed by atoms with Crippen molar-refractivity contribution in [2.75, 3.05) is 7.11 Å². The summed E-state index contributed by atoms with van der Waals surface area (Å²) in [5.74, 6) is 1.61. The summed E-state index contributed by atoms with van der Waals surface area (Å²) < 4.78 is 12.1. The minimum absolute atomic E-state index is 0.388. The van der Waals surface area contributed by atoms with Crippen LogP contribution in [-0.4, -0.2) is 32.4 Å². The van der Waals surface area contributed by atoms with Gasteiger partial charge in [-0.1, -0.05) is 12.1 Å². The van der Waals surface area contributed by atoms with Crippen LogP contribution in [0.25, 0.3) is 5.65 Å². The number of nitrogens with zero attached hydrogens (tertiary/aromatic N) is 5. The van der Waals surface area contributed by atoms with Crippen LogP contribution in [-0.2, 0) is 0 Å². The van der Waals surface area contributed by atoms with Crippen molar-refractivity contribution < 1.29 is 9.47 Å². The molecule has 7 heteroatoms. The highest BCUT2D eigenvalue weighted by Gasteiger charge is 2.06. The van der Waals surface area contributed by atoms with Gasteiger partial charge in [-0.05, 0) is 28.6 Å². The summed E-state index contributed by atoms with van der Waals surface area (Å²) in [5.41, 5.74) is 0.558. The summed E-state index contributed by atoms with van der Waals surface area (Å²) in [6, 6.07) is 10.7. The average Bonchev–Trinajstić information content (AvgIpc) is 2.87. The molecule has 0 N–H and O–H groups in total. The van der Waals surface area contributed by atoms with Gasteiger partial charge in [0, 0.05) is 6.07 Å². The maximum atomic E-state index is 5.63. The summed E-state index contributed by atoms with van der Waals surface area (Å²) in [6.45, 7) is 0. The quantitative estimate of drug-likeness (QED) is 0.690. The van der Waals surface area contributed by atoms with Crippen LogP contribution in [0, 0.1) is 0 Å². The van der Waals surface area contributed by atoms with Gasteiger partial charge in [0.15, 0.2) is 17.1 Å². The maximum absolute atomic E-state index is 5.63. The van der Waals surface area contributed by atoms with E-state index in [-0.39, 0.29) is 0 Å². The van der Waals surface area contributed by atoms with Crippen molar-refractivity contribution in [3.05, 3.63) is 36.4 Å². The van der Waals surface area contributed by atoms with Gasteiger partial charge in [-0.15, -0.1) is 14.8 Å². The van der Waals surface area contributed by atoms with Crippen molar-refractivity contribution >= 4 is 5.65 Å². The van der Waals surface area contributed by atoms with Gasteiger partial charge in [0.05, 0.1) is 7.11 Å². The lowest BCUT2D eigenvalue weighted by atomic mass is 10.3. The molecule has 0 aliphatic carbocycles. The number of hydrogen-bond acceptors (Lipinski definition) is 6. The molecule has 1 aromatic carbocycles. The number of tetrazole rings is 1. The Morgan fingerprint density at radius 3 is 2.72 bits per heavy atom. The van der Waals surface area contributed by atoms with Crippen molar-refractivity contribution in [1.29, 1.82) is 0 Å². The Morgan fingerprint density at radius 2 is 1.89 bits per heavy atom. The first kappa shape index (κ1) is 10.5. The maximum Gasteiger partial charge on any atom is 0.239 e. The highest BCUT2D eigenvalue weighted by atomic mass is 16.5. The van der Waals surface area contributed by atoms with Gasteiger partial charge in [0.25, 0.3) is 0 Å². The largest absolute Gasteiger partial charge is 0.493 e. The molecule has 18 heavy (non-hydrogen) atoms. The fourth-order valence-electron chi connectivity index (χ4n) is 1.50. The molecule has 0 radical (unpaired) electrons. The van der Waals surface area contributed by atoms with Crippen LogP contribution in [0.15, 0.2) is 36.4 Å². The SMILES string of the molecule is COc1ccccc1Oc1ccc2nnnn2n1. The molecule has 0 unspecified atom stereocenters. The number of para-hydroxylation sites is 2. The lowest BCUT2D eigenvalue weighted by molar-refractivity contribution is 0.370. The van der Waals surface area contributed by atoms with Crippen LogP contribution in [0.2, 0.25) is 0 Å². The van der Waals surface area contributed by atoms with Crippen LogP contribution < -0.4 is 9.47 Å². The zero-order chi connectivity index (χ0) is 12.4. The Bertz CT molecular complexity index is 682. The van der Waals surface area contributed by atoms with E-state index in [0.717, 1.165) is 0 Å². The standard InChI is InChI=1S/C11H9N5O2/c1-17-8-4-2-3-5-9(8)18-11-7-6-10-12-14-15-16(10)13-11/h2-7H,1H3. The molecule has 90 valence electrons. The third kappa shape index (κ3) is 1.81. The molecular formula is C11H9N5O2. The Labute approximate surface area is 102 Å². The molecule has 0 bridgehead atoms. The van der Waals surface area contributed by atoms with Gasteiger partial charge in [-0.2, -0.15) is 0 Å². The molecule has 0 fully saturated rings. The van der Waals surface area contributed by atoms with Crippen molar-refractivity contribution in [1.82, 2.24) is 25.3 Å². The van der Waals surface area contributed by atoms with Crippen molar-refractivity contribution in [2.45, 2.75) is 0 Å². The number of rotatable bonds is 3. The van der Waals surface area contributed by atoms with E-state index < -0.39 is 0 Å². The van der Waals surface area contributed by atoms with E-state index >= 15 is 0 Å². The van der Waals surface area contributed by atoms with Gasteiger partial charge in [0.1, 0.15) is 0 Å². The van der Waals surface area contributed by atoms with E-state index in [1.54, 1.807) is 25.3 Å². The summed E-state index contributed by atoms with van der Waals surface area (Å²) in [4.78, 5) is 0. The van der Waals surface area contributed by atoms with Gasteiger partial charge in [0.2, 0.25) is 5.88 Å². The number of aromatic nitrogens is 5. The van der Waals surface area contributed by atoms with E-state index in [4.69, 9.17) is 9.47 Å². The molecule has 3 rings (SSSR count). The van der Waals surface area contributed by atoms with E-state index in [2.05, 4.69) is 20.6 Å². The predicted octanol–water partition coefficient (Wildman–Crippen LogP) is 1.32. The summed E-state index contributed by atoms with van der Waals surface area (Å²) in [6.07, 6.45) is 0. The van der Waals surface area contributed by atoms with Crippen molar-refractivity contribution in [3.63, 3.8) is 0 Å². The minimum atomic E-state index is 0.388. The van der Waals surface area contributed by atoms with Crippen LogP contribution in [0.1, 0.15) is 0 Å². The lowest BCUT2D eigenvalue weighted by Gasteiger charge is -2.08. The smallest absolute Gasteiger partial charge is 0.239 e. The summed E-state index contributed by atoms with van der Waals surface area (Å²) >= 11 is 0. The molecule has 0 saturated carbocycles. The van der Waals surface area contributed by atoms with E-state index in [9.17, 15) is 0 Å². The number of methoxy groups -OCH3 is 1.